The molecule has 2 heterocycles. The maximum Gasteiger partial charge on any atom is 0.272 e. The zero-order valence-electron chi connectivity index (χ0n) is 14.0. The fourth-order valence-corrected chi connectivity index (χ4v) is 3.06. The lowest BCUT2D eigenvalue weighted by atomic mass is 9.87. The molecular weight excluding hydrogens is 309 g/mol. The highest BCUT2D eigenvalue weighted by Crippen LogP contribution is 2.31. The number of hydrogen-bond donors (Lipinski definition) is 1. The third kappa shape index (κ3) is 2.94. The molecule has 6 heteroatoms. The topological polar surface area (TPSA) is 56.2 Å². The van der Waals surface area contributed by atoms with Crippen molar-refractivity contribution in [2.24, 2.45) is 0 Å². The Kier molecular flexibility index (Phi) is 4.66. The summed E-state index contributed by atoms with van der Waals surface area (Å²) in [6.45, 7) is 4.70. The highest BCUT2D eigenvalue weighted by Gasteiger charge is 2.44. The van der Waals surface area contributed by atoms with Crippen molar-refractivity contribution < 1.29 is 13.9 Å². The predicted molar refractivity (Wildman–Crippen MR) is 88.2 cm³/mol. The number of halogens is 1. The first-order valence-corrected chi connectivity index (χ1v) is 8.30. The van der Waals surface area contributed by atoms with Gasteiger partial charge in [0, 0.05) is 11.8 Å². The summed E-state index contributed by atoms with van der Waals surface area (Å²) in [4.78, 5) is 12.6. The van der Waals surface area contributed by atoms with Crippen LogP contribution in [0.25, 0.3) is 0 Å². The van der Waals surface area contributed by atoms with Crippen LogP contribution in [-0.4, -0.2) is 28.9 Å². The zero-order valence-corrected chi connectivity index (χ0v) is 14.0. The molecule has 0 atom stereocenters. The summed E-state index contributed by atoms with van der Waals surface area (Å²) in [6.07, 6.45) is 3.72. The second-order valence-corrected chi connectivity index (χ2v) is 6.16. The van der Waals surface area contributed by atoms with Gasteiger partial charge in [0.1, 0.15) is 17.1 Å². The number of carbonyl (C=O) groups is 1. The number of amides is 1. The minimum absolute atomic E-state index is 0.257. The predicted octanol–water partition coefficient (Wildman–Crippen LogP) is 3.04. The SMILES string of the molecule is CCC(CC)n1ccc(C(=O)NC2(c3ccccc3F)COC2)n1. The third-order valence-electron chi connectivity index (χ3n) is 4.60. The molecule has 0 aliphatic carbocycles. The monoisotopic (exact) mass is 331 g/mol. The maximum absolute atomic E-state index is 14.1. The molecule has 5 nitrogen and oxygen atoms in total. The quantitative estimate of drug-likeness (QED) is 0.885. The number of carbonyl (C=O) groups excluding carboxylic acids is 1. The molecule has 0 saturated carbocycles. The molecule has 24 heavy (non-hydrogen) atoms. The largest absolute Gasteiger partial charge is 0.376 e. The molecule has 1 aromatic heterocycles. The van der Waals surface area contributed by atoms with Gasteiger partial charge in [0.25, 0.3) is 5.91 Å². The average Bonchev–Trinajstić information content (AvgIpc) is 3.03. The van der Waals surface area contributed by atoms with Crippen LogP contribution in [0, 0.1) is 5.82 Å². The number of benzene rings is 1. The number of ether oxygens (including phenoxy) is 1. The Morgan fingerprint density at radius 2 is 2.04 bits per heavy atom. The zero-order chi connectivity index (χ0) is 17.2. The van der Waals surface area contributed by atoms with Gasteiger partial charge in [-0.1, -0.05) is 32.0 Å². The minimum atomic E-state index is -0.818. The molecule has 1 fully saturated rings. The van der Waals surface area contributed by atoms with Crippen molar-refractivity contribution >= 4 is 5.91 Å². The molecule has 0 radical (unpaired) electrons. The maximum atomic E-state index is 14.1. The van der Waals surface area contributed by atoms with Crippen LogP contribution in [0.4, 0.5) is 4.39 Å². The molecule has 1 saturated heterocycles. The number of hydrogen-bond acceptors (Lipinski definition) is 3. The van der Waals surface area contributed by atoms with Crippen molar-refractivity contribution in [1.29, 1.82) is 0 Å². The van der Waals surface area contributed by atoms with E-state index in [4.69, 9.17) is 4.74 Å². The Balaban J connectivity index is 1.80. The van der Waals surface area contributed by atoms with Crippen LogP contribution >= 0.6 is 0 Å². The fraction of sp³-hybridized carbons (Fsp3) is 0.444. The lowest BCUT2D eigenvalue weighted by Gasteiger charge is -2.42. The van der Waals surface area contributed by atoms with Crippen LogP contribution in [0.1, 0.15) is 48.8 Å². The van der Waals surface area contributed by atoms with E-state index >= 15 is 0 Å². The summed E-state index contributed by atoms with van der Waals surface area (Å²) in [5, 5.41) is 7.29. The van der Waals surface area contributed by atoms with Crippen LogP contribution in [-0.2, 0) is 10.3 Å². The van der Waals surface area contributed by atoms with Gasteiger partial charge < -0.3 is 10.1 Å². The molecular formula is C18H22FN3O2. The summed E-state index contributed by atoms with van der Waals surface area (Å²) in [6, 6.07) is 8.43. The van der Waals surface area contributed by atoms with E-state index in [2.05, 4.69) is 24.3 Å². The average molecular weight is 331 g/mol. The van der Waals surface area contributed by atoms with E-state index in [0.29, 0.717) is 11.3 Å². The van der Waals surface area contributed by atoms with E-state index in [1.54, 1.807) is 24.3 Å². The Hall–Kier alpha value is -2.21. The van der Waals surface area contributed by atoms with Crippen LogP contribution in [0.2, 0.25) is 0 Å². The standard InChI is InChI=1S/C18H22FN3O2/c1-3-13(4-2)22-10-9-16(21-22)17(23)20-18(11-24-12-18)14-7-5-6-8-15(14)19/h5-10,13H,3-4,11-12H2,1-2H3,(H,20,23). The Morgan fingerprint density at radius 3 is 2.62 bits per heavy atom. The van der Waals surface area contributed by atoms with Gasteiger partial charge in [0.05, 0.1) is 19.3 Å². The molecule has 1 N–H and O–H groups in total. The van der Waals surface area contributed by atoms with E-state index in [1.165, 1.54) is 6.07 Å². The highest BCUT2D eigenvalue weighted by atomic mass is 19.1. The van der Waals surface area contributed by atoms with Crippen molar-refractivity contribution in [3.63, 3.8) is 0 Å². The van der Waals surface area contributed by atoms with Crippen LogP contribution < -0.4 is 5.32 Å². The smallest absolute Gasteiger partial charge is 0.272 e. The molecule has 128 valence electrons. The Morgan fingerprint density at radius 1 is 1.33 bits per heavy atom. The highest BCUT2D eigenvalue weighted by molar-refractivity contribution is 5.92. The molecule has 1 aliphatic heterocycles. The second-order valence-electron chi connectivity index (χ2n) is 6.16. The molecule has 1 aliphatic rings. The van der Waals surface area contributed by atoms with Crippen molar-refractivity contribution in [1.82, 2.24) is 15.1 Å². The summed E-state index contributed by atoms with van der Waals surface area (Å²) in [5.41, 5.74) is -0.0326. The molecule has 0 unspecified atom stereocenters. The Labute approximate surface area is 140 Å². The van der Waals surface area contributed by atoms with Gasteiger partial charge in [-0.25, -0.2) is 4.39 Å². The van der Waals surface area contributed by atoms with E-state index in [0.717, 1.165) is 12.8 Å². The number of nitrogens with one attached hydrogen (secondary N) is 1. The van der Waals surface area contributed by atoms with Crippen molar-refractivity contribution in [3.05, 3.63) is 53.6 Å². The molecule has 2 aromatic rings. The van der Waals surface area contributed by atoms with E-state index in [1.807, 2.05) is 10.9 Å². The molecule has 0 spiro atoms. The van der Waals surface area contributed by atoms with E-state index < -0.39 is 5.54 Å². The van der Waals surface area contributed by atoms with Gasteiger partial charge in [-0.3, -0.25) is 9.48 Å². The first kappa shape index (κ1) is 16.6. The van der Waals surface area contributed by atoms with Gasteiger partial charge in [-0.15, -0.1) is 0 Å². The van der Waals surface area contributed by atoms with Crippen molar-refractivity contribution in [3.8, 4) is 0 Å². The van der Waals surface area contributed by atoms with Crippen LogP contribution in [0.15, 0.2) is 36.5 Å². The summed E-state index contributed by atoms with van der Waals surface area (Å²) < 4.78 is 21.2. The first-order valence-electron chi connectivity index (χ1n) is 8.30. The lowest BCUT2D eigenvalue weighted by Crippen LogP contribution is -2.59. The summed E-state index contributed by atoms with van der Waals surface area (Å²) >= 11 is 0. The third-order valence-corrected chi connectivity index (χ3v) is 4.60. The van der Waals surface area contributed by atoms with Gasteiger partial charge in [-0.2, -0.15) is 5.10 Å². The van der Waals surface area contributed by atoms with Crippen LogP contribution in [0.5, 0.6) is 0 Å². The number of nitrogens with zero attached hydrogens (tertiary/aromatic N) is 2. The van der Waals surface area contributed by atoms with Gasteiger partial charge in [-0.05, 0) is 25.0 Å². The van der Waals surface area contributed by atoms with E-state index in [-0.39, 0.29) is 31.0 Å². The Bertz CT molecular complexity index is 721. The molecule has 0 bridgehead atoms. The fourth-order valence-electron chi connectivity index (χ4n) is 3.06. The summed E-state index contributed by atoms with van der Waals surface area (Å²) in [7, 11) is 0. The lowest BCUT2D eigenvalue weighted by molar-refractivity contribution is -0.0750. The van der Waals surface area contributed by atoms with Gasteiger partial charge in [0.15, 0.2) is 0 Å². The normalized spacial score (nSPS) is 16.0. The second kappa shape index (κ2) is 6.73. The number of rotatable bonds is 6. The first-order chi connectivity index (χ1) is 11.6. The molecule has 3 rings (SSSR count). The van der Waals surface area contributed by atoms with Gasteiger partial charge in [0.2, 0.25) is 0 Å². The number of aromatic nitrogens is 2. The van der Waals surface area contributed by atoms with Crippen LogP contribution in [0.3, 0.4) is 0 Å². The molecule has 1 amide bonds. The molecule has 1 aromatic carbocycles. The van der Waals surface area contributed by atoms with E-state index in [9.17, 15) is 9.18 Å². The minimum Gasteiger partial charge on any atom is -0.376 e. The van der Waals surface area contributed by atoms with Gasteiger partial charge >= 0.3 is 0 Å². The van der Waals surface area contributed by atoms with Crippen molar-refractivity contribution in [2.45, 2.75) is 38.3 Å². The van der Waals surface area contributed by atoms with Crippen molar-refractivity contribution in [2.75, 3.05) is 13.2 Å². The summed E-state index contributed by atoms with van der Waals surface area (Å²) in [5.74, 6) is -0.657.